The van der Waals surface area contributed by atoms with Crippen LogP contribution in [0.3, 0.4) is 0 Å². The third kappa shape index (κ3) is 4.49. The molecule has 2 rings (SSSR count). The van der Waals surface area contributed by atoms with E-state index in [9.17, 15) is 4.79 Å². The maximum absolute atomic E-state index is 11.9. The van der Waals surface area contributed by atoms with Crippen molar-refractivity contribution < 1.29 is 9.53 Å². The van der Waals surface area contributed by atoms with Gasteiger partial charge >= 0.3 is 6.09 Å². The highest BCUT2D eigenvalue weighted by Gasteiger charge is 2.16. The van der Waals surface area contributed by atoms with Gasteiger partial charge in [-0.1, -0.05) is 12.1 Å². The fourth-order valence-electron chi connectivity index (χ4n) is 2.25. The van der Waals surface area contributed by atoms with Crippen molar-refractivity contribution >= 4 is 17.5 Å². The number of aryl methyl sites for hydroxylation is 2. The predicted molar refractivity (Wildman–Crippen MR) is 95.6 cm³/mol. The largest absolute Gasteiger partial charge is 0.444 e. The molecule has 0 bridgehead atoms. The Balaban J connectivity index is 2.20. The fraction of sp³-hybridized carbons (Fsp3) is 0.316. The van der Waals surface area contributed by atoms with Crippen molar-refractivity contribution in [1.29, 1.82) is 0 Å². The molecular formula is C19H24N2O2. The van der Waals surface area contributed by atoms with Crippen LogP contribution in [0, 0.1) is 13.8 Å². The molecule has 0 radical (unpaired) electrons. The van der Waals surface area contributed by atoms with Crippen molar-refractivity contribution in [2.45, 2.75) is 40.2 Å². The molecule has 0 atom stereocenters. The normalized spacial score (nSPS) is 11.2. The third-order valence-corrected chi connectivity index (χ3v) is 3.47. The monoisotopic (exact) mass is 312 g/mol. The van der Waals surface area contributed by atoms with Gasteiger partial charge in [-0.15, -0.1) is 0 Å². The minimum Gasteiger partial charge on any atom is -0.444 e. The van der Waals surface area contributed by atoms with Crippen LogP contribution in [-0.2, 0) is 4.74 Å². The molecule has 0 fully saturated rings. The second-order valence-corrected chi connectivity index (χ2v) is 6.73. The van der Waals surface area contributed by atoms with Gasteiger partial charge in [0, 0.05) is 11.4 Å². The average Bonchev–Trinajstić information content (AvgIpc) is 2.42. The van der Waals surface area contributed by atoms with E-state index < -0.39 is 11.7 Å². The summed E-state index contributed by atoms with van der Waals surface area (Å²) in [4.78, 5) is 11.9. The summed E-state index contributed by atoms with van der Waals surface area (Å²) in [6, 6.07) is 11.9. The van der Waals surface area contributed by atoms with Gasteiger partial charge in [-0.2, -0.15) is 0 Å². The van der Waals surface area contributed by atoms with Crippen molar-refractivity contribution in [2.24, 2.45) is 0 Å². The van der Waals surface area contributed by atoms with Gasteiger partial charge in [0.2, 0.25) is 0 Å². The Morgan fingerprint density at radius 3 is 2.09 bits per heavy atom. The molecule has 4 nitrogen and oxygen atoms in total. The number of benzene rings is 2. The van der Waals surface area contributed by atoms with Crippen LogP contribution in [0.1, 0.15) is 31.9 Å². The van der Waals surface area contributed by atoms with Crippen molar-refractivity contribution in [3.8, 4) is 11.1 Å². The number of anilines is 2. The highest BCUT2D eigenvalue weighted by Crippen LogP contribution is 2.27. The lowest BCUT2D eigenvalue weighted by Crippen LogP contribution is -2.27. The first-order valence-electron chi connectivity index (χ1n) is 7.63. The lowest BCUT2D eigenvalue weighted by molar-refractivity contribution is 0.0636. The number of carbonyl (C=O) groups excluding carboxylic acids is 1. The third-order valence-electron chi connectivity index (χ3n) is 3.47. The van der Waals surface area contributed by atoms with Crippen LogP contribution in [-0.4, -0.2) is 11.7 Å². The van der Waals surface area contributed by atoms with E-state index in [4.69, 9.17) is 10.5 Å². The van der Waals surface area contributed by atoms with E-state index in [-0.39, 0.29) is 0 Å². The van der Waals surface area contributed by atoms with Gasteiger partial charge in [0.05, 0.1) is 0 Å². The van der Waals surface area contributed by atoms with Crippen LogP contribution in [0.25, 0.3) is 11.1 Å². The van der Waals surface area contributed by atoms with Crippen molar-refractivity contribution in [1.82, 2.24) is 0 Å². The SMILES string of the molecule is Cc1cc(-c2ccc(NC(=O)OC(C)(C)C)c(C)c2)ccc1N. The van der Waals surface area contributed by atoms with E-state index in [1.54, 1.807) is 0 Å². The van der Waals surface area contributed by atoms with E-state index in [1.807, 2.05) is 65.0 Å². The molecule has 0 saturated heterocycles. The molecule has 0 unspecified atom stereocenters. The quantitative estimate of drug-likeness (QED) is 0.775. The molecule has 122 valence electrons. The zero-order valence-electron chi connectivity index (χ0n) is 14.4. The Morgan fingerprint density at radius 2 is 1.57 bits per heavy atom. The summed E-state index contributed by atoms with van der Waals surface area (Å²) in [5.41, 5.74) is 11.1. The van der Waals surface area contributed by atoms with Crippen LogP contribution < -0.4 is 11.1 Å². The molecule has 0 spiro atoms. The number of hydrogen-bond donors (Lipinski definition) is 2. The average molecular weight is 312 g/mol. The number of nitrogens with two attached hydrogens (primary N) is 1. The van der Waals surface area contributed by atoms with Gasteiger partial charge in [-0.3, -0.25) is 5.32 Å². The van der Waals surface area contributed by atoms with Crippen molar-refractivity contribution in [3.63, 3.8) is 0 Å². The fourth-order valence-corrected chi connectivity index (χ4v) is 2.25. The van der Waals surface area contributed by atoms with E-state index in [0.717, 1.165) is 33.6 Å². The van der Waals surface area contributed by atoms with Crippen LogP contribution in [0.4, 0.5) is 16.2 Å². The van der Waals surface area contributed by atoms with Gasteiger partial charge in [-0.05, 0) is 81.1 Å². The topological polar surface area (TPSA) is 64.3 Å². The zero-order chi connectivity index (χ0) is 17.2. The summed E-state index contributed by atoms with van der Waals surface area (Å²) in [6.45, 7) is 9.47. The summed E-state index contributed by atoms with van der Waals surface area (Å²) in [5, 5.41) is 2.78. The lowest BCUT2D eigenvalue weighted by Gasteiger charge is -2.20. The Kier molecular flexibility index (Phi) is 4.64. The second-order valence-electron chi connectivity index (χ2n) is 6.73. The summed E-state index contributed by atoms with van der Waals surface area (Å²) in [5.74, 6) is 0. The molecule has 0 aliphatic rings. The molecule has 2 aromatic carbocycles. The summed E-state index contributed by atoms with van der Waals surface area (Å²) in [6.07, 6.45) is -0.448. The number of nitrogens with one attached hydrogen (secondary N) is 1. The molecule has 0 aliphatic carbocycles. The summed E-state index contributed by atoms with van der Waals surface area (Å²) < 4.78 is 5.28. The van der Waals surface area contributed by atoms with Crippen molar-refractivity contribution in [3.05, 3.63) is 47.5 Å². The van der Waals surface area contributed by atoms with E-state index >= 15 is 0 Å². The van der Waals surface area contributed by atoms with Gasteiger partial charge in [0.15, 0.2) is 0 Å². The van der Waals surface area contributed by atoms with E-state index in [2.05, 4.69) is 11.4 Å². The molecule has 0 saturated carbocycles. The number of amides is 1. The van der Waals surface area contributed by atoms with E-state index in [0.29, 0.717) is 0 Å². The first kappa shape index (κ1) is 16.9. The smallest absolute Gasteiger partial charge is 0.412 e. The van der Waals surface area contributed by atoms with Gasteiger partial charge < -0.3 is 10.5 Å². The lowest BCUT2D eigenvalue weighted by atomic mass is 10.00. The van der Waals surface area contributed by atoms with E-state index in [1.165, 1.54) is 0 Å². The molecule has 4 heteroatoms. The Morgan fingerprint density at radius 1 is 1.00 bits per heavy atom. The highest BCUT2D eigenvalue weighted by molar-refractivity contribution is 5.86. The van der Waals surface area contributed by atoms with Crippen molar-refractivity contribution in [2.75, 3.05) is 11.1 Å². The predicted octanol–water partition coefficient (Wildman–Crippen LogP) is 4.90. The molecule has 3 N–H and O–H groups in total. The van der Waals surface area contributed by atoms with Crippen LogP contribution in [0.15, 0.2) is 36.4 Å². The minimum atomic E-state index is -0.514. The Labute approximate surface area is 137 Å². The molecule has 0 aliphatic heterocycles. The molecule has 0 aromatic heterocycles. The molecule has 2 aromatic rings. The maximum Gasteiger partial charge on any atom is 0.412 e. The zero-order valence-corrected chi connectivity index (χ0v) is 14.4. The number of ether oxygens (including phenoxy) is 1. The molecule has 1 amide bonds. The molecular weight excluding hydrogens is 288 g/mol. The summed E-state index contributed by atoms with van der Waals surface area (Å²) in [7, 11) is 0. The first-order valence-corrected chi connectivity index (χ1v) is 7.63. The first-order chi connectivity index (χ1) is 10.7. The molecule has 23 heavy (non-hydrogen) atoms. The maximum atomic E-state index is 11.9. The number of nitrogen functional groups attached to an aromatic ring is 1. The molecule has 0 heterocycles. The van der Waals surface area contributed by atoms with Crippen LogP contribution >= 0.6 is 0 Å². The standard InChI is InChI=1S/C19H24N2O2/c1-12-10-14(6-8-16(12)20)15-7-9-17(13(2)11-15)21-18(22)23-19(3,4)5/h6-11H,20H2,1-5H3,(H,21,22). The minimum absolute atomic E-state index is 0.448. The number of carbonyl (C=O) groups is 1. The van der Waals surface area contributed by atoms with Gasteiger partial charge in [0.25, 0.3) is 0 Å². The second kappa shape index (κ2) is 6.32. The Hall–Kier alpha value is -2.49. The number of rotatable bonds is 2. The van der Waals surface area contributed by atoms with Gasteiger partial charge in [-0.25, -0.2) is 4.79 Å². The van der Waals surface area contributed by atoms with Gasteiger partial charge in [0.1, 0.15) is 5.60 Å². The summed E-state index contributed by atoms with van der Waals surface area (Å²) >= 11 is 0. The number of hydrogen-bond acceptors (Lipinski definition) is 3. The van der Waals surface area contributed by atoms with Crippen LogP contribution in [0.5, 0.6) is 0 Å². The van der Waals surface area contributed by atoms with Crippen LogP contribution in [0.2, 0.25) is 0 Å². The highest BCUT2D eigenvalue weighted by atomic mass is 16.6. The Bertz CT molecular complexity index is 731.